The summed E-state index contributed by atoms with van der Waals surface area (Å²) in [5.74, 6) is -1.23. The summed E-state index contributed by atoms with van der Waals surface area (Å²) in [6.07, 6.45) is 1.74. The molecule has 31 heavy (non-hydrogen) atoms. The lowest BCUT2D eigenvalue weighted by atomic mass is 10.0. The Labute approximate surface area is 177 Å². The first-order valence-electron chi connectivity index (χ1n) is 9.69. The molecule has 0 fully saturated rings. The van der Waals surface area contributed by atoms with Gasteiger partial charge in [-0.3, -0.25) is 14.3 Å². The van der Waals surface area contributed by atoms with E-state index in [1.807, 2.05) is 6.07 Å². The van der Waals surface area contributed by atoms with E-state index in [0.29, 0.717) is 41.6 Å². The van der Waals surface area contributed by atoms with Crippen molar-refractivity contribution >= 4 is 17.8 Å². The molecule has 158 valence electrons. The van der Waals surface area contributed by atoms with E-state index in [1.165, 1.54) is 6.92 Å². The van der Waals surface area contributed by atoms with Gasteiger partial charge in [0.15, 0.2) is 5.82 Å². The fourth-order valence-corrected chi connectivity index (χ4v) is 3.42. The fraction of sp³-hybridized carbons (Fsp3) is 0.238. The first-order chi connectivity index (χ1) is 14.9. The maximum absolute atomic E-state index is 12.0. The average molecular weight is 420 g/mol. The smallest absolute Gasteiger partial charge is 0.326 e. The van der Waals surface area contributed by atoms with Gasteiger partial charge in [-0.25, -0.2) is 14.8 Å². The lowest BCUT2D eigenvalue weighted by Gasteiger charge is -2.13. The normalized spacial score (nSPS) is 13.8. The molecule has 1 aliphatic rings. The molecule has 10 nitrogen and oxygen atoms in total. The molecule has 0 spiro atoms. The second kappa shape index (κ2) is 8.34. The molecule has 4 rings (SSSR count). The van der Waals surface area contributed by atoms with Gasteiger partial charge in [0.05, 0.1) is 12.2 Å². The quantitative estimate of drug-likeness (QED) is 0.538. The van der Waals surface area contributed by atoms with Crippen molar-refractivity contribution in [2.75, 3.05) is 6.54 Å². The molecule has 0 unspecified atom stereocenters. The molecule has 3 aromatic rings. The Morgan fingerprint density at radius 3 is 2.84 bits per heavy atom. The first-order valence-corrected chi connectivity index (χ1v) is 9.69. The molecule has 2 amide bonds. The molecule has 1 atom stereocenters. The molecule has 0 radical (unpaired) electrons. The summed E-state index contributed by atoms with van der Waals surface area (Å²) in [4.78, 5) is 43.6. The first kappa shape index (κ1) is 20.2. The van der Waals surface area contributed by atoms with Gasteiger partial charge >= 0.3 is 5.97 Å². The maximum atomic E-state index is 12.0. The molecule has 1 aromatic carbocycles. The molecule has 0 saturated carbocycles. The minimum Gasteiger partial charge on any atom is -0.480 e. The van der Waals surface area contributed by atoms with Crippen LogP contribution in [0.2, 0.25) is 0 Å². The second-order valence-corrected chi connectivity index (χ2v) is 7.16. The summed E-state index contributed by atoms with van der Waals surface area (Å²) in [6.45, 7) is 2.41. The van der Waals surface area contributed by atoms with Crippen molar-refractivity contribution in [1.29, 1.82) is 0 Å². The second-order valence-electron chi connectivity index (χ2n) is 7.16. The lowest BCUT2D eigenvalue weighted by Crippen LogP contribution is -2.41. The number of rotatable bonds is 6. The van der Waals surface area contributed by atoms with Gasteiger partial charge in [0, 0.05) is 31.6 Å². The third kappa shape index (κ3) is 4.42. The van der Waals surface area contributed by atoms with E-state index in [1.54, 1.807) is 41.2 Å². The topological polar surface area (TPSA) is 139 Å². The van der Waals surface area contributed by atoms with Crippen LogP contribution in [-0.2, 0) is 22.6 Å². The van der Waals surface area contributed by atoms with Crippen LogP contribution in [0.5, 0.6) is 0 Å². The van der Waals surface area contributed by atoms with Gasteiger partial charge in [0.2, 0.25) is 5.91 Å². The highest BCUT2D eigenvalue weighted by Gasteiger charge is 2.21. The Kier molecular flexibility index (Phi) is 5.44. The Balaban J connectivity index is 1.61. The zero-order valence-electron chi connectivity index (χ0n) is 16.7. The highest BCUT2D eigenvalue weighted by molar-refractivity contribution is 5.94. The van der Waals surface area contributed by atoms with Crippen LogP contribution in [0.3, 0.4) is 0 Å². The highest BCUT2D eigenvalue weighted by atomic mass is 16.4. The van der Waals surface area contributed by atoms with Gasteiger partial charge < -0.3 is 15.7 Å². The standard InChI is InChI=1S/C21H20N6O4/c1-12(28)24-17(21(30)31)10-13-3-2-4-14(9-13)19-22-6-5-15(25-19)16-11-18-20(29)23-7-8-27(18)26-16/h2-6,9,11,17H,7-8,10H2,1H3,(H,23,29)(H,24,28)(H,30,31)/t17-/m0/s1. The summed E-state index contributed by atoms with van der Waals surface area (Å²) in [6, 6.07) is 9.58. The van der Waals surface area contributed by atoms with E-state index < -0.39 is 17.9 Å². The van der Waals surface area contributed by atoms with Crippen LogP contribution in [0.15, 0.2) is 42.6 Å². The number of amides is 2. The van der Waals surface area contributed by atoms with Crippen molar-refractivity contribution < 1.29 is 19.5 Å². The van der Waals surface area contributed by atoms with Gasteiger partial charge in [-0.15, -0.1) is 0 Å². The molecular weight excluding hydrogens is 400 g/mol. The number of aromatic nitrogens is 4. The molecule has 0 aliphatic carbocycles. The van der Waals surface area contributed by atoms with Crippen LogP contribution in [-0.4, -0.2) is 55.2 Å². The van der Waals surface area contributed by atoms with E-state index >= 15 is 0 Å². The number of carbonyl (C=O) groups is 3. The summed E-state index contributed by atoms with van der Waals surface area (Å²) >= 11 is 0. The number of carboxylic acid groups (broad SMARTS) is 1. The van der Waals surface area contributed by atoms with E-state index in [2.05, 4.69) is 25.7 Å². The van der Waals surface area contributed by atoms with Gasteiger partial charge in [-0.05, 0) is 23.8 Å². The molecule has 0 saturated heterocycles. The zero-order valence-corrected chi connectivity index (χ0v) is 16.7. The van der Waals surface area contributed by atoms with Crippen molar-refractivity contribution in [3.8, 4) is 22.8 Å². The summed E-state index contributed by atoms with van der Waals surface area (Å²) in [5, 5.41) is 19.0. The fourth-order valence-electron chi connectivity index (χ4n) is 3.42. The van der Waals surface area contributed by atoms with Crippen molar-refractivity contribution in [3.05, 3.63) is 53.9 Å². The van der Waals surface area contributed by atoms with Crippen molar-refractivity contribution in [3.63, 3.8) is 0 Å². The van der Waals surface area contributed by atoms with E-state index in [0.717, 1.165) is 5.56 Å². The maximum Gasteiger partial charge on any atom is 0.326 e. The number of aliphatic carboxylic acids is 1. The Morgan fingerprint density at radius 2 is 2.10 bits per heavy atom. The molecule has 3 heterocycles. The van der Waals surface area contributed by atoms with Crippen LogP contribution in [0.1, 0.15) is 23.0 Å². The number of nitrogens with one attached hydrogen (secondary N) is 2. The van der Waals surface area contributed by atoms with Crippen LogP contribution < -0.4 is 10.6 Å². The molecular formula is C21H20N6O4. The number of benzene rings is 1. The summed E-state index contributed by atoms with van der Waals surface area (Å²) < 4.78 is 1.66. The Hall–Kier alpha value is -4.08. The van der Waals surface area contributed by atoms with Gasteiger partial charge in [-0.1, -0.05) is 18.2 Å². The van der Waals surface area contributed by atoms with Crippen LogP contribution >= 0.6 is 0 Å². The highest BCUT2D eigenvalue weighted by Crippen LogP contribution is 2.22. The van der Waals surface area contributed by atoms with Crippen LogP contribution in [0, 0.1) is 0 Å². The number of carbonyl (C=O) groups excluding carboxylic acids is 2. The van der Waals surface area contributed by atoms with E-state index in [4.69, 9.17) is 0 Å². The number of carboxylic acids is 1. The van der Waals surface area contributed by atoms with Crippen molar-refractivity contribution in [1.82, 2.24) is 30.4 Å². The monoisotopic (exact) mass is 420 g/mol. The van der Waals surface area contributed by atoms with Crippen molar-refractivity contribution in [2.45, 2.75) is 25.9 Å². The van der Waals surface area contributed by atoms with E-state index in [-0.39, 0.29) is 12.3 Å². The van der Waals surface area contributed by atoms with Gasteiger partial charge in [0.1, 0.15) is 17.4 Å². The number of fused-ring (bicyclic) bond motifs is 1. The lowest BCUT2D eigenvalue weighted by molar-refractivity contribution is -0.141. The van der Waals surface area contributed by atoms with E-state index in [9.17, 15) is 19.5 Å². The minimum absolute atomic E-state index is 0.130. The number of hydrogen-bond donors (Lipinski definition) is 3. The van der Waals surface area contributed by atoms with Gasteiger partial charge in [-0.2, -0.15) is 5.10 Å². The molecule has 1 aliphatic heterocycles. The van der Waals surface area contributed by atoms with Gasteiger partial charge in [0.25, 0.3) is 5.91 Å². The third-order valence-electron chi connectivity index (χ3n) is 4.84. The molecule has 3 N–H and O–H groups in total. The largest absolute Gasteiger partial charge is 0.480 e. The summed E-state index contributed by atoms with van der Waals surface area (Å²) in [7, 11) is 0. The number of nitrogens with zero attached hydrogens (tertiary/aromatic N) is 4. The molecule has 0 bridgehead atoms. The predicted octanol–water partition coefficient (Wildman–Crippen LogP) is 0.882. The SMILES string of the molecule is CC(=O)N[C@@H](Cc1cccc(-c2nccc(-c3cc4n(n3)CCNC4=O)n2)c1)C(=O)O. The van der Waals surface area contributed by atoms with Crippen LogP contribution in [0.25, 0.3) is 22.8 Å². The average Bonchev–Trinajstić information content (AvgIpc) is 3.19. The Morgan fingerprint density at radius 1 is 1.26 bits per heavy atom. The summed E-state index contributed by atoms with van der Waals surface area (Å²) in [5.41, 5.74) is 3.06. The van der Waals surface area contributed by atoms with Crippen LogP contribution in [0.4, 0.5) is 0 Å². The molecule has 2 aromatic heterocycles. The number of hydrogen-bond acceptors (Lipinski definition) is 6. The minimum atomic E-state index is -1.10. The zero-order chi connectivity index (χ0) is 22.0. The molecule has 10 heteroatoms. The third-order valence-corrected chi connectivity index (χ3v) is 4.84. The Bertz CT molecular complexity index is 1170. The predicted molar refractivity (Wildman–Crippen MR) is 110 cm³/mol. The van der Waals surface area contributed by atoms with Crippen molar-refractivity contribution in [2.24, 2.45) is 0 Å².